The number of hydrogen-bond acceptors (Lipinski definition) is 6. The van der Waals surface area contributed by atoms with Gasteiger partial charge in [0.05, 0.1) is 29.7 Å². The van der Waals surface area contributed by atoms with Gasteiger partial charge >= 0.3 is 0 Å². The summed E-state index contributed by atoms with van der Waals surface area (Å²) in [7, 11) is 0. The first-order chi connectivity index (χ1) is 17.7. The summed E-state index contributed by atoms with van der Waals surface area (Å²) >= 11 is 0. The standard InChI is InChI=1S/C28H24N6O2/c1-18-24(27(35)29-16-22-14-25(36-33-22)20-9-3-2-4-10-20)17-31-34(18)28-30-15-21-12-7-11-19-8-5-6-13-23(19)26(21)32-28/h2-6,8-10,13-15,17H,7,11-12,16H2,1H3,(H,29,35). The average molecular weight is 477 g/mol. The van der Waals surface area contributed by atoms with Gasteiger partial charge in [-0.2, -0.15) is 5.10 Å². The van der Waals surface area contributed by atoms with Gasteiger partial charge in [-0.15, -0.1) is 0 Å². The van der Waals surface area contributed by atoms with Gasteiger partial charge in [-0.3, -0.25) is 4.79 Å². The van der Waals surface area contributed by atoms with Crippen LogP contribution in [-0.4, -0.2) is 30.8 Å². The number of amides is 1. The Kier molecular flexibility index (Phi) is 5.61. The van der Waals surface area contributed by atoms with Crippen molar-refractivity contribution in [1.82, 2.24) is 30.2 Å². The van der Waals surface area contributed by atoms with Crippen molar-refractivity contribution in [2.24, 2.45) is 0 Å². The van der Waals surface area contributed by atoms with E-state index in [1.165, 1.54) is 5.56 Å². The quantitative estimate of drug-likeness (QED) is 0.394. The van der Waals surface area contributed by atoms with Crippen molar-refractivity contribution >= 4 is 5.91 Å². The monoisotopic (exact) mass is 476 g/mol. The average Bonchev–Trinajstić information content (AvgIpc) is 3.50. The molecule has 3 heterocycles. The summed E-state index contributed by atoms with van der Waals surface area (Å²) in [6.07, 6.45) is 6.45. The van der Waals surface area contributed by atoms with Crippen LogP contribution in [0, 0.1) is 6.92 Å². The molecular formula is C28H24N6O2. The number of hydrogen-bond donors (Lipinski definition) is 1. The van der Waals surface area contributed by atoms with E-state index in [1.54, 1.807) is 10.9 Å². The zero-order valence-electron chi connectivity index (χ0n) is 19.8. The summed E-state index contributed by atoms with van der Waals surface area (Å²) in [6.45, 7) is 2.08. The lowest BCUT2D eigenvalue weighted by Gasteiger charge is -2.10. The first kappa shape index (κ1) is 21.9. The molecule has 0 saturated heterocycles. The van der Waals surface area contributed by atoms with Gasteiger partial charge in [-0.1, -0.05) is 59.8 Å². The van der Waals surface area contributed by atoms with Gasteiger partial charge in [0.25, 0.3) is 11.9 Å². The van der Waals surface area contributed by atoms with E-state index in [9.17, 15) is 4.79 Å². The summed E-state index contributed by atoms with van der Waals surface area (Å²) in [5.41, 5.74) is 7.20. The van der Waals surface area contributed by atoms with Crippen LogP contribution in [0.5, 0.6) is 0 Å². The van der Waals surface area contributed by atoms with Crippen LogP contribution in [-0.2, 0) is 19.4 Å². The van der Waals surface area contributed by atoms with Crippen molar-refractivity contribution < 1.29 is 9.32 Å². The minimum atomic E-state index is -0.247. The minimum absolute atomic E-state index is 0.242. The Bertz CT molecular complexity index is 1550. The Morgan fingerprint density at radius 1 is 1.03 bits per heavy atom. The lowest BCUT2D eigenvalue weighted by molar-refractivity contribution is 0.0949. The van der Waals surface area contributed by atoms with Crippen LogP contribution in [0.15, 0.2) is 77.6 Å². The smallest absolute Gasteiger partial charge is 0.255 e. The van der Waals surface area contributed by atoms with Crippen LogP contribution < -0.4 is 5.32 Å². The second-order valence-electron chi connectivity index (χ2n) is 8.84. The number of benzene rings is 2. The number of aryl methyl sites for hydroxylation is 2. The fraction of sp³-hybridized carbons (Fsp3) is 0.179. The van der Waals surface area contributed by atoms with E-state index in [0.717, 1.165) is 41.6 Å². The molecule has 5 aromatic rings. The highest BCUT2D eigenvalue weighted by atomic mass is 16.5. The van der Waals surface area contributed by atoms with Crippen LogP contribution in [0.2, 0.25) is 0 Å². The molecule has 0 spiro atoms. The van der Waals surface area contributed by atoms with Gasteiger partial charge < -0.3 is 9.84 Å². The zero-order valence-corrected chi connectivity index (χ0v) is 19.8. The fourth-order valence-corrected chi connectivity index (χ4v) is 4.59. The molecule has 0 bridgehead atoms. The molecule has 6 rings (SSSR count). The van der Waals surface area contributed by atoms with Crippen molar-refractivity contribution in [3.05, 3.63) is 101 Å². The van der Waals surface area contributed by atoms with Gasteiger partial charge in [-0.25, -0.2) is 14.6 Å². The number of aromatic nitrogens is 5. The largest absolute Gasteiger partial charge is 0.356 e. The highest BCUT2D eigenvalue weighted by Gasteiger charge is 2.20. The van der Waals surface area contributed by atoms with E-state index in [-0.39, 0.29) is 12.5 Å². The number of carbonyl (C=O) groups excluding carboxylic acids is 1. The summed E-state index contributed by atoms with van der Waals surface area (Å²) in [6, 6.07) is 19.9. The summed E-state index contributed by atoms with van der Waals surface area (Å²) in [4.78, 5) is 22.4. The normalized spacial score (nSPS) is 12.5. The van der Waals surface area contributed by atoms with Crippen molar-refractivity contribution in [3.63, 3.8) is 0 Å². The highest BCUT2D eigenvalue weighted by molar-refractivity contribution is 5.95. The molecule has 1 N–H and O–H groups in total. The van der Waals surface area contributed by atoms with E-state index in [0.29, 0.717) is 28.7 Å². The minimum Gasteiger partial charge on any atom is -0.356 e. The van der Waals surface area contributed by atoms with E-state index in [1.807, 2.05) is 55.6 Å². The SMILES string of the molecule is Cc1c(C(=O)NCc2cc(-c3ccccc3)on2)cnn1-c1ncc2c(n1)-c1ccccc1CCC2. The molecule has 8 nitrogen and oxygen atoms in total. The number of rotatable bonds is 5. The van der Waals surface area contributed by atoms with Crippen molar-refractivity contribution in [1.29, 1.82) is 0 Å². The topological polar surface area (TPSA) is 98.7 Å². The zero-order chi connectivity index (χ0) is 24.5. The third kappa shape index (κ3) is 4.07. The predicted octanol–water partition coefficient (Wildman–Crippen LogP) is 4.71. The fourth-order valence-electron chi connectivity index (χ4n) is 4.59. The summed E-state index contributed by atoms with van der Waals surface area (Å²) in [5.74, 6) is 0.861. The van der Waals surface area contributed by atoms with E-state index in [4.69, 9.17) is 9.51 Å². The van der Waals surface area contributed by atoms with Crippen LogP contribution in [0.3, 0.4) is 0 Å². The number of nitrogens with one attached hydrogen (secondary N) is 1. The molecule has 8 heteroatoms. The molecule has 0 unspecified atom stereocenters. The maximum atomic E-state index is 12.9. The van der Waals surface area contributed by atoms with E-state index in [2.05, 4.69) is 38.8 Å². The number of nitrogens with zero attached hydrogens (tertiary/aromatic N) is 5. The Hall–Kier alpha value is -4.59. The van der Waals surface area contributed by atoms with Gasteiger partial charge in [0.2, 0.25) is 0 Å². The molecule has 178 valence electrons. The molecule has 36 heavy (non-hydrogen) atoms. The van der Waals surface area contributed by atoms with Crippen molar-refractivity contribution in [3.8, 4) is 28.5 Å². The highest BCUT2D eigenvalue weighted by Crippen LogP contribution is 2.31. The van der Waals surface area contributed by atoms with Gasteiger partial charge in [0, 0.05) is 23.4 Å². The lowest BCUT2D eigenvalue weighted by atomic mass is 10.0. The molecule has 0 aliphatic heterocycles. The second kappa shape index (κ2) is 9.22. The number of fused-ring (bicyclic) bond motifs is 3. The lowest BCUT2D eigenvalue weighted by Crippen LogP contribution is -2.23. The van der Waals surface area contributed by atoms with Crippen LogP contribution in [0.4, 0.5) is 0 Å². The van der Waals surface area contributed by atoms with Gasteiger partial charge in [0.1, 0.15) is 5.69 Å². The molecule has 3 aromatic heterocycles. The molecule has 2 aromatic carbocycles. The molecule has 0 radical (unpaired) electrons. The van der Waals surface area contributed by atoms with Crippen LogP contribution in [0.1, 0.15) is 39.3 Å². The van der Waals surface area contributed by atoms with E-state index >= 15 is 0 Å². The first-order valence-corrected chi connectivity index (χ1v) is 12.0. The molecule has 1 aliphatic carbocycles. The Morgan fingerprint density at radius 2 is 1.83 bits per heavy atom. The Balaban J connectivity index is 1.22. The Labute approximate surface area is 208 Å². The van der Waals surface area contributed by atoms with E-state index < -0.39 is 0 Å². The van der Waals surface area contributed by atoms with Gasteiger partial charge in [-0.05, 0) is 37.3 Å². The molecule has 0 fully saturated rings. The predicted molar refractivity (Wildman–Crippen MR) is 134 cm³/mol. The molecular weight excluding hydrogens is 452 g/mol. The second-order valence-corrected chi connectivity index (χ2v) is 8.84. The van der Waals surface area contributed by atoms with Crippen LogP contribution >= 0.6 is 0 Å². The summed E-state index contributed by atoms with van der Waals surface area (Å²) in [5, 5.41) is 11.4. The third-order valence-corrected chi connectivity index (χ3v) is 6.51. The molecule has 0 saturated carbocycles. The summed E-state index contributed by atoms with van der Waals surface area (Å²) < 4.78 is 7.04. The first-order valence-electron chi connectivity index (χ1n) is 12.0. The maximum absolute atomic E-state index is 12.9. The van der Waals surface area contributed by atoms with Crippen molar-refractivity contribution in [2.45, 2.75) is 32.7 Å². The third-order valence-electron chi connectivity index (χ3n) is 6.51. The molecule has 1 aliphatic rings. The maximum Gasteiger partial charge on any atom is 0.255 e. The van der Waals surface area contributed by atoms with Crippen molar-refractivity contribution in [2.75, 3.05) is 0 Å². The molecule has 1 amide bonds. The molecule has 0 atom stereocenters. The number of carbonyl (C=O) groups is 1. The Morgan fingerprint density at radius 3 is 2.72 bits per heavy atom. The van der Waals surface area contributed by atoms with Gasteiger partial charge in [0.15, 0.2) is 5.76 Å². The van der Waals surface area contributed by atoms with Crippen LogP contribution in [0.25, 0.3) is 28.5 Å².